The van der Waals surface area contributed by atoms with Crippen LogP contribution in [0.15, 0.2) is 18.2 Å². The molecule has 19 heavy (non-hydrogen) atoms. The van der Waals surface area contributed by atoms with Crippen molar-refractivity contribution in [2.45, 2.75) is 38.3 Å². The Hall–Kier alpha value is -1.42. The number of hydrogen-bond donors (Lipinski definition) is 1. The molecule has 1 aromatic rings. The Bertz CT molecular complexity index is 450. The maximum Gasteiger partial charge on any atom is 0.163 e. The predicted molar refractivity (Wildman–Crippen MR) is 76.1 cm³/mol. The van der Waals surface area contributed by atoms with Gasteiger partial charge in [0.1, 0.15) is 0 Å². The molecule has 4 heteroatoms. The standard InChI is InChI=1S/C15H22N2O2/c1-11-9-12(16)5-6-17(11)13-3-4-14-15(10-13)19-8-2-7-18-14/h3-4,10-12H,2,5-9,16H2,1H3. The second-order valence-electron chi connectivity index (χ2n) is 5.51. The second kappa shape index (κ2) is 5.29. The zero-order chi connectivity index (χ0) is 13.2. The van der Waals surface area contributed by atoms with E-state index in [1.165, 1.54) is 5.69 Å². The summed E-state index contributed by atoms with van der Waals surface area (Å²) in [5.41, 5.74) is 7.24. The van der Waals surface area contributed by atoms with E-state index in [1.807, 2.05) is 6.07 Å². The molecule has 4 nitrogen and oxygen atoms in total. The smallest absolute Gasteiger partial charge is 0.163 e. The Balaban J connectivity index is 1.83. The molecule has 2 aliphatic rings. The molecule has 1 aromatic carbocycles. The molecule has 0 saturated carbocycles. The van der Waals surface area contributed by atoms with Crippen molar-refractivity contribution >= 4 is 5.69 Å². The van der Waals surface area contributed by atoms with Gasteiger partial charge in [-0.05, 0) is 31.9 Å². The minimum Gasteiger partial charge on any atom is -0.490 e. The third-order valence-electron chi connectivity index (χ3n) is 3.98. The summed E-state index contributed by atoms with van der Waals surface area (Å²) in [7, 11) is 0. The van der Waals surface area contributed by atoms with Crippen molar-refractivity contribution in [2.75, 3.05) is 24.7 Å². The van der Waals surface area contributed by atoms with Crippen LogP contribution >= 0.6 is 0 Å². The lowest BCUT2D eigenvalue weighted by atomic mass is 9.98. The second-order valence-corrected chi connectivity index (χ2v) is 5.51. The van der Waals surface area contributed by atoms with E-state index in [0.29, 0.717) is 12.1 Å². The molecule has 2 heterocycles. The first-order valence-corrected chi connectivity index (χ1v) is 7.16. The molecule has 0 amide bonds. The van der Waals surface area contributed by atoms with Gasteiger partial charge in [-0.15, -0.1) is 0 Å². The molecule has 3 rings (SSSR count). The van der Waals surface area contributed by atoms with Crippen LogP contribution in [0, 0.1) is 0 Å². The quantitative estimate of drug-likeness (QED) is 0.842. The number of nitrogens with two attached hydrogens (primary N) is 1. The van der Waals surface area contributed by atoms with Crippen LogP contribution in [0.3, 0.4) is 0 Å². The maximum absolute atomic E-state index is 6.03. The van der Waals surface area contributed by atoms with Gasteiger partial charge in [-0.1, -0.05) is 0 Å². The molecule has 2 atom stereocenters. The molecule has 0 bridgehead atoms. The van der Waals surface area contributed by atoms with Gasteiger partial charge in [0.05, 0.1) is 13.2 Å². The van der Waals surface area contributed by atoms with Crippen molar-refractivity contribution in [3.63, 3.8) is 0 Å². The number of rotatable bonds is 1. The fourth-order valence-corrected chi connectivity index (χ4v) is 2.92. The van der Waals surface area contributed by atoms with E-state index in [-0.39, 0.29) is 0 Å². The summed E-state index contributed by atoms with van der Waals surface area (Å²) in [6.45, 7) is 4.72. The zero-order valence-electron chi connectivity index (χ0n) is 11.5. The Labute approximate surface area is 114 Å². The normalized spacial score (nSPS) is 26.9. The lowest BCUT2D eigenvalue weighted by Crippen LogP contribution is -2.45. The Morgan fingerprint density at radius 2 is 2.00 bits per heavy atom. The fraction of sp³-hybridized carbons (Fsp3) is 0.600. The van der Waals surface area contributed by atoms with E-state index >= 15 is 0 Å². The average molecular weight is 262 g/mol. The molecular weight excluding hydrogens is 240 g/mol. The summed E-state index contributed by atoms with van der Waals surface area (Å²) in [6, 6.07) is 7.08. The van der Waals surface area contributed by atoms with Crippen LogP contribution in [0.5, 0.6) is 11.5 Å². The summed E-state index contributed by atoms with van der Waals surface area (Å²) >= 11 is 0. The molecule has 2 aliphatic heterocycles. The Kier molecular flexibility index (Phi) is 3.51. The van der Waals surface area contributed by atoms with Crippen molar-refractivity contribution in [3.05, 3.63) is 18.2 Å². The van der Waals surface area contributed by atoms with Crippen molar-refractivity contribution in [1.29, 1.82) is 0 Å². The summed E-state index contributed by atoms with van der Waals surface area (Å²) in [6.07, 6.45) is 3.05. The minimum absolute atomic E-state index is 0.340. The highest BCUT2D eigenvalue weighted by atomic mass is 16.5. The molecule has 2 N–H and O–H groups in total. The zero-order valence-corrected chi connectivity index (χ0v) is 11.5. The number of ether oxygens (including phenoxy) is 2. The Morgan fingerprint density at radius 1 is 1.21 bits per heavy atom. The molecule has 0 spiro atoms. The van der Waals surface area contributed by atoms with E-state index in [0.717, 1.165) is 50.5 Å². The topological polar surface area (TPSA) is 47.7 Å². The lowest BCUT2D eigenvalue weighted by molar-refractivity contribution is 0.297. The van der Waals surface area contributed by atoms with Crippen LogP contribution in [0.1, 0.15) is 26.2 Å². The van der Waals surface area contributed by atoms with Crippen LogP contribution in [-0.4, -0.2) is 31.8 Å². The van der Waals surface area contributed by atoms with Crippen LogP contribution in [0.2, 0.25) is 0 Å². The van der Waals surface area contributed by atoms with Gasteiger partial charge < -0.3 is 20.1 Å². The lowest BCUT2D eigenvalue weighted by Gasteiger charge is -2.38. The molecule has 2 unspecified atom stereocenters. The molecule has 0 aliphatic carbocycles. The first kappa shape index (κ1) is 12.6. The van der Waals surface area contributed by atoms with Crippen LogP contribution in [-0.2, 0) is 0 Å². The largest absolute Gasteiger partial charge is 0.490 e. The Morgan fingerprint density at radius 3 is 2.79 bits per heavy atom. The predicted octanol–water partition coefficient (Wildman–Crippen LogP) is 2.16. The van der Waals surface area contributed by atoms with Gasteiger partial charge in [0.2, 0.25) is 0 Å². The minimum atomic E-state index is 0.340. The third kappa shape index (κ3) is 2.63. The highest BCUT2D eigenvalue weighted by Gasteiger charge is 2.24. The molecular formula is C15H22N2O2. The molecule has 0 aromatic heterocycles. The van der Waals surface area contributed by atoms with Gasteiger partial charge >= 0.3 is 0 Å². The van der Waals surface area contributed by atoms with E-state index < -0.39 is 0 Å². The highest BCUT2D eigenvalue weighted by molar-refractivity contribution is 5.57. The number of piperidine rings is 1. The number of nitrogens with zero attached hydrogens (tertiary/aromatic N) is 1. The fourth-order valence-electron chi connectivity index (χ4n) is 2.92. The molecule has 1 saturated heterocycles. The van der Waals surface area contributed by atoms with Gasteiger partial charge in [-0.2, -0.15) is 0 Å². The van der Waals surface area contributed by atoms with Crippen molar-refractivity contribution in [2.24, 2.45) is 5.73 Å². The van der Waals surface area contributed by atoms with Gasteiger partial charge in [0.25, 0.3) is 0 Å². The van der Waals surface area contributed by atoms with Crippen LogP contribution in [0.4, 0.5) is 5.69 Å². The first-order chi connectivity index (χ1) is 9.24. The van der Waals surface area contributed by atoms with E-state index in [2.05, 4.69) is 24.0 Å². The van der Waals surface area contributed by atoms with Crippen LogP contribution in [0.25, 0.3) is 0 Å². The van der Waals surface area contributed by atoms with Crippen molar-refractivity contribution in [3.8, 4) is 11.5 Å². The van der Waals surface area contributed by atoms with Crippen LogP contribution < -0.4 is 20.1 Å². The van der Waals surface area contributed by atoms with Gasteiger partial charge in [0.15, 0.2) is 11.5 Å². The summed E-state index contributed by atoms with van der Waals surface area (Å²) in [4.78, 5) is 2.41. The average Bonchev–Trinajstić information content (AvgIpc) is 2.63. The van der Waals surface area contributed by atoms with Crippen molar-refractivity contribution < 1.29 is 9.47 Å². The number of anilines is 1. The summed E-state index contributed by atoms with van der Waals surface area (Å²) in [5.74, 6) is 1.74. The van der Waals surface area contributed by atoms with Gasteiger partial charge in [-0.25, -0.2) is 0 Å². The SMILES string of the molecule is CC1CC(N)CCN1c1ccc2c(c1)OCCCO2. The molecule has 104 valence electrons. The number of benzene rings is 1. The number of hydrogen-bond acceptors (Lipinski definition) is 4. The van der Waals surface area contributed by atoms with Crippen molar-refractivity contribution in [1.82, 2.24) is 0 Å². The molecule has 1 fully saturated rings. The van der Waals surface area contributed by atoms with E-state index in [1.54, 1.807) is 0 Å². The third-order valence-corrected chi connectivity index (χ3v) is 3.98. The summed E-state index contributed by atoms with van der Waals surface area (Å²) in [5, 5.41) is 0. The summed E-state index contributed by atoms with van der Waals surface area (Å²) < 4.78 is 11.4. The van der Waals surface area contributed by atoms with E-state index in [9.17, 15) is 0 Å². The number of fused-ring (bicyclic) bond motifs is 1. The van der Waals surface area contributed by atoms with Gasteiger partial charge in [-0.3, -0.25) is 0 Å². The van der Waals surface area contributed by atoms with Gasteiger partial charge in [0, 0.05) is 36.8 Å². The highest BCUT2D eigenvalue weighted by Crippen LogP contribution is 2.35. The van der Waals surface area contributed by atoms with E-state index in [4.69, 9.17) is 15.2 Å². The monoisotopic (exact) mass is 262 g/mol. The molecule has 0 radical (unpaired) electrons. The maximum atomic E-state index is 6.03. The first-order valence-electron chi connectivity index (χ1n) is 7.16.